The summed E-state index contributed by atoms with van der Waals surface area (Å²) in [5.41, 5.74) is 23.0. The number of unbranched alkanes of at least 4 members (excludes halogenated alkanes) is 9. The van der Waals surface area contributed by atoms with E-state index in [1.807, 2.05) is 0 Å². The van der Waals surface area contributed by atoms with Gasteiger partial charge in [0.2, 0.25) is 0 Å². The summed E-state index contributed by atoms with van der Waals surface area (Å²) in [6.45, 7) is 21.1. The first-order valence-electron chi connectivity index (χ1n) is 27.5. The van der Waals surface area contributed by atoms with Gasteiger partial charge in [-0.15, -0.1) is 0 Å². The van der Waals surface area contributed by atoms with E-state index in [9.17, 15) is 5.11 Å². The van der Waals surface area contributed by atoms with Gasteiger partial charge in [-0.1, -0.05) is 163 Å². The number of hydrogen-bond acceptors (Lipinski definition) is 1. The van der Waals surface area contributed by atoms with Crippen molar-refractivity contribution in [3.05, 3.63) is 132 Å². The van der Waals surface area contributed by atoms with Crippen molar-refractivity contribution in [2.24, 2.45) is 0 Å². The third-order valence-electron chi connectivity index (χ3n) is 14.6. The molecule has 0 aliphatic rings. The Morgan fingerprint density at radius 2 is 0.453 bits per heavy atom. The Kier molecular flexibility index (Phi) is 25.0. The second kappa shape index (κ2) is 30.1. The number of phenolic OH excluding ortho intramolecular Hbond substituents is 1. The predicted molar refractivity (Wildman–Crippen MR) is 283 cm³/mol. The van der Waals surface area contributed by atoms with E-state index in [0.29, 0.717) is 5.75 Å². The molecular weight excluding hydrogens is 773 g/mol. The van der Waals surface area contributed by atoms with E-state index in [2.05, 4.69) is 111 Å². The first-order valence-corrected chi connectivity index (χ1v) is 27.5. The van der Waals surface area contributed by atoms with Gasteiger partial charge >= 0.3 is 0 Å². The van der Waals surface area contributed by atoms with E-state index < -0.39 is 0 Å². The average molecular weight is 869 g/mol. The summed E-state index contributed by atoms with van der Waals surface area (Å²) in [5, 5.41) is 12.3. The normalized spacial score (nSPS) is 11.6. The molecule has 0 aliphatic heterocycles. The lowest BCUT2D eigenvalue weighted by Gasteiger charge is -2.25. The molecule has 1 nitrogen and oxygen atoms in total. The molecule has 0 atom stereocenters. The van der Waals surface area contributed by atoms with Gasteiger partial charge in [0.15, 0.2) is 0 Å². The minimum absolute atomic E-state index is 0.482. The molecule has 0 saturated heterocycles. The van der Waals surface area contributed by atoms with E-state index in [4.69, 9.17) is 0 Å². The second-order valence-electron chi connectivity index (χ2n) is 19.7. The van der Waals surface area contributed by atoms with Crippen molar-refractivity contribution in [3.63, 3.8) is 0 Å². The Labute approximate surface area is 396 Å². The summed E-state index contributed by atoms with van der Waals surface area (Å²) >= 11 is 0. The van der Waals surface area contributed by atoms with Gasteiger partial charge in [-0.3, -0.25) is 0 Å². The maximum Gasteiger partial charge on any atom is 0.119 e. The van der Waals surface area contributed by atoms with Crippen LogP contribution < -0.4 is 0 Å². The van der Waals surface area contributed by atoms with Crippen LogP contribution in [0.2, 0.25) is 0 Å². The second-order valence-corrected chi connectivity index (χ2v) is 19.7. The van der Waals surface area contributed by atoms with Crippen LogP contribution in [0.5, 0.6) is 5.75 Å². The van der Waals surface area contributed by atoms with E-state index in [-0.39, 0.29) is 0 Å². The standard InChI is InChI=1S/C63H96O/c1-10-19-28-48-37-40-51(58(34-25-16-7)55(48)31-22-13-4)45-52-43-44-63(64)62(47-54-42-39-50(30-21-12-3)57(33-24-15-6)60(54)36-27-18-9)61(52)46-53-41-38-49(29-20-11-2)56(32-23-14-5)59(53)35-26-17-8/h37-44,64H,10-36,45-47H2,1-9H3. The molecule has 0 bridgehead atoms. The molecule has 64 heavy (non-hydrogen) atoms. The molecule has 0 amide bonds. The highest BCUT2D eigenvalue weighted by Crippen LogP contribution is 2.37. The van der Waals surface area contributed by atoms with E-state index in [1.165, 1.54) is 187 Å². The Morgan fingerprint density at radius 3 is 0.766 bits per heavy atom. The van der Waals surface area contributed by atoms with Gasteiger partial charge in [0, 0.05) is 12.0 Å². The number of benzene rings is 4. The number of aryl methyl sites for hydroxylation is 3. The summed E-state index contributed by atoms with van der Waals surface area (Å²) in [6.07, 6.45) is 35.3. The quantitative estimate of drug-likeness (QED) is 0.0506. The van der Waals surface area contributed by atoms with Crippen molar-refractivity contribution in [3.8, 4) is 5.75 Å². The van der Waals surface area contributed by atoms with Gasteiger partial charge in [-0.25, -0.2) is 0 Å². The highest BCUT2D eigenvalue weighted by Gasteiger charge is 2.23. The fourth-order valence-corrected chi connectivity index (χ4v) is 10.6. The number of phenols is 1. The lowest BCUT2D eigenvalue weighted by Crippen LogP contribution is -2.12. The Morgan fingerprint density at radius 1 is 0.234 bits per heavy atom. The zero-order valence-electron chi connectivity index (χ0n) is 43.3. The molecule has 0 unspecified atom stereocenters. The van der Waals surface area contributed by atoms with Crippen molar-refractivity contribution in [2.75, 3.05) is 0 Å². The van der Waals surface area contributed by atoms with Gasteiger partial charge < -0.3 is 5.11 Å². The molecule has 0 aliphatic carbocycles. The number of hydrogen-bond donors (Lipinski definition) is 1. The van der Waals surface area contributed by atoms with Crippen LogP contribution in [0.25, 0.3) is 0 Å². The van der Waals surface area contributed by atoms with Gasteiger partial charge in [-0.05, 0) is 212 Å². The predicted octanol–water partition coefficient (Wildman–Crippen LogP) is 18.2. The highest BCUT2D eigenvalue weighted by molar-refractivity contribution is 5.55. The summed E-state index contributed by atoms with van der Waals surface area (Å²) in [6, 6.07) is 19.5. The first-order chi connectivity index (χ1) is 31.3. The number of aromatic hydroxyl groups is 1. The maximum atomic E-state index is 12.3. The average Bonchev–Trinajstić information content (AvgIpc) is 3.31. The molecule has 4 aromatic rings. The molecule has 4 aromatic carbocycles. The summed E-state index contributed by atoms with van der Waals surface area (Å²) in [5.74, 6) is 0.482. The van der Waals surface area contributed by atoms with Gasteiger partial charge in [-0.2, -0.15) is 0 Å². The summed E-state index contributed by atoms with van der Waals surface area (Å²) in [7, 11) is 0. The molecule has 0 saturated carbocycles. The third-order valence-corrected chi connectivity index (χ3v) is 14.6. The van der Waals surface area contributed by atoms with Crippen molar-refractivity contribution in [1.82, 2.24) is 0 Å². The largest absolute Gasteiger partial charge is 0.508 e. The first kappa shape index (κ1) is 53.3. The lowest BCUT2D eigenvalue weighted by molar-refractivity contribution is 0.468. The third kappa shape index (κ3) is 15.4. The topological polar surface area (TPSA) is 20.2 Å². The van der Waals surface area contributed by atoms with Crippen LogP contribution in [-0.4, -0.2) is 5.11 Å². The molecule has 1 heteroatoms. The van der Waals surface area contributed by atoms with Crippen LogP contribution in [0.4, 0.5) is 0 Å². The van der Waals surface area contributed by atoms with E-state index in [0.717, 1.165) is 38.5 Å². The molecule has 0 fully saturated rings. The molecule has 0 heterocycles. The molecular formula is C63H96O. The van der Waals surface area contributed by atoms with Crippen molar-refractivity contribution in [1.29, 1.82) is 0 Å². The minimum atomic E-state index is 0.482. The highest BCUT2D eigenvalue weighted by atomic mass is 16.3. The Balaban J connectivity index is 2.04. The van der Waals surface area contributed by atoms with Crippen LogP contribution >= 0.6 is 0 Å². The van der Waals surface area contributed by atoms with Crippen molar-refractivity contribution in [2.45, 2.75) is 255 Å². The van der Waals surface area contributed by atoms with Crippen LogP contribution in [0.1, 0.15) is 261 Å². The smallest absolute Gasteiger partial charge is 0.119 e. The van der Waals surface area contributed by atoms with Crippen LogP contribution in [0.3, 0.4) is 0 Å². The van der Waals surface area contributed by atoms with Gasteiger partial charge in [0.1, 0.15) is 5.75 Å². The SMILES string of the molecule is CCCCc1ccc(Cc2ccc(O)c(Cc3ccc(CCCC)c(CCCC)c3CCCC)c2Cc2ccc(CCCC)c(CCCC)c2CCCC)c(CCCC)c1CCCC. The molecule has 0 spiro atoms. The summed E-state index contributed by atoms with van der Waals surface area (Å²) in [4.78, 5) is 0. The fraction of sp³-hybridized carbons (Fsp3) is 0.619. The molecule has 1 N–H and O–H groups in total. The number of rotatable bonds is 33. The molecule has 0 radical (unpaired) electrons. The molecule has 4 rings (SSSR count). The van der Waals surface area contributed by atoms with Crippen molar-refractivity contribution < 1.29 is 5.11 Å². The van der Waals surface area contributed by atoms with E-state index in [1.54, 1.807) is 50.1 Å². The van der Waals surface area contributed by atoms with E-state index >= 15 is 0 Å². The Hall–Kier alpha value is -3.32. The Bertz CT molecular complexity index is 1940. The van der Waals surface area contributed by atoms with Crippen LogP contribution in [0, 0.1) is 0 Å². The molecule has 0 aromatic heterocycles. The monoisotopic (exact) mass is 869 g/mol. The minimum Gasteiger partial charge on any atom is -0.508 e. The fourth-order valence-electron chi connectivity index (χ4n) is 10.6. The zero-order valence-corrected chi connectivity index (χ0v) is 43.3. The van der Waals surface area contributed by atoms with Crippen LogP contribution in [-0.2, 0) is 77.0 Å². The van der Waals surface area contributed by atoms with Crippen LogP contribution in [0.15, 0.2) is 48.5 Å². The molecule has 354 valence electrons. The van der Waals surface area contributed by atoms with Gasteiger partial charge in [0.05, 0.1) is 0 Å². The lowest BCUT2D eigenvalue weighted by atomic mass is 9.80. The zero-order chi connectivity index (χ0) is 46.1. The summed E-state index contributed by atoms with van der Waals surface area (Å²) < 4.78 is 0. The van der Waals surface area contributed by atoms with Crippen molar-refractivity contribution >= 4 is 0 Å². The maximum absolute atomic E-state index is 12.3. The van der Waals surface area contributed by atoms with Gasteiger partial charge in [0.25, 0.3) is 0 Å².